The zero-order valence-electron chi connectivity index (χ0n) is 13.0. The van der Waals surface area contributed by atoms with Gasteiger partial charge < -0.3 is 14.4 Å². The molecule has 0 N–H and O–H groups in total. The largest absolute Gasteiger partial charge is 0.493 e. The highest BCUT2D eigenvalue weighted by molar-refractivity contribution is 9.10. The molecule has 0 unspecified atom stereocenters. The molecular formula is C16H22BrNO3. The van der Waals surface area contributed by atoms with Crippen LogP contribution in [0, 0.1) is 12.8 Å². The second-order valence-corrected chi connectivity index (χ2v) is 7.33. The van der Waals surface area contributed by atoms with Crippen molar-refractivity contribution in [2.24, 2.45) is 5.92 Å². The molecule has 5 heteroatoms. The Labute approximate surface area is 134 Å². The van der Waals surface area contributed by atoms with E-state index in [1.165, 1.54) is 0 Å². The number of nitrogens with zero attached hydrogens (tertiary/aromatic N) is 1. The molecule has 0 atom stereocenters. The van der Waals surface area contributed by atoms with Crippen molar-refractivity contribution in [3.63, 3.8) is 0 Å². The highest BCUT2D eigenvalue weighted by atomic mass is 79.9. The number of ether oxygens (including phenoxy) is 2. The normalized spacial score (nSPS) is 15.6. The predicted octanol–water partition coefficient (Wildman–Crippen LogP) is 4.00. The highest BCUT2D eigenvalue weighted by Gasteiger charge is 2.33. The van der Waals surface area contributed by atoms with Gasteiger partial charge in [-0.2, -0.15) is 0 Å². The van der Waals surface area contributed by atoms with Crippen molar-refractivity contribution < 1.29 is 14.3 Å². The van der Waals surface area contributed by atoms with Crippen LogP contribution < -0.4 is 4.74 Å². The summed E-state index contributed by atoms with van der Waals surface area (Å²) in [7, 11) is 0. The first kappa shape index (κ1) is 16.1. The van der Waals surface area contributed by atoms with Crippen LogP contribution in [-0.4, -0.2) is 36.3 Å². The number of carbonyl (C=O) groups is 1. The summed E-state index contributed by atoms with van der Waals surface area (Å²) in [6.07, 6.45) is -0.238. The van der Waals surface area contributed by atoms with Crippen molar-refractivity contribution in [1.29, 1.82) is 0 Å². The number of hydrogen-bond acceptors (Lipinski definition) is 3. The zero-order chi connectivity index (χ0) is 15.6. The number of likely N-dealkylation sites (tertiary alicyclic amines) is 1. The Morgan fingerprint density at radius 2 is 2.05 bits per heavy atom. The van der Waals surface area contributed by atoms with Gasteiger partial charge in [-0.3, -0.25) is 0 Å². The maximum Gasteiger partial charge on any atom is 0.410 e. The van der Waals surface area contributed by atoms with Gasteiger partial charge in [-0.05, 0) is 51.5 Å². The Hall–Kier alpha value is -1.23. The van der Waals surface area contributed by atoms with E-state index in [0.29, 0.717) is 25.6 Å². The predicted molar refractivity (Wildman–Crippen MR) is 85.7 cm³/mol. The van der Waals surface area contributed by atoms with Crippen LogP contribution in [0.4, 0.5) is 4.79 Å². The first-order valence-corrected chi connectivity index (χ1v) is 7.91. The fourth-order valence-electron chi connectivity index (χ4n) is 2.07. The first-order chi connectivity index (χ1) is 9.74. The molecule has 1 amide bonds. The van der Waals surface area contributed by atoms with Crippen LogP contribution in [0.3, 0.4) is 0 Å². The summed E-state index contributed by atoms with van der Waals surface area (Å²) in [4.78, 5) is 13.5. The molecule has 0 saturated carbocycles. The number of benzene rings is 1. The van der Waals surface area contributed by atoms with Crippen LogP contribution in [0.2, 0.25) is 0 Å². The molecular weight excluding hydrogens is 334 g/mol. The number of aryl methyl sites for hydroxylation is 1. The Balaban J connectivity index is 1.73. The van der Waals surface area contributed by atoms with Gasteiger partial charge in [0.05, 0.1) is 6.61 Å². The lowest BCUT2D eigenvalue weighted by molar-refractivity contribution is -0.00781. The van der Waals surface area contributed by atoms with Crippen molar-refractivity contribution in [2.45, 2.75) is 33.3 Å². The second-order valence-electron chi connectivity index (χ2n) is 6.47. The van der Waals surface area contributed by atoms with E-state index >= 15 is 0 Å². The topological polar surface area (TPSA) is 38.8 Å². The lowest BCUT2D eigenvalue weighted by Crippen LogP contribution is -2.53. The van der Waals surface area contributed by atoms with E-state index in [1.54, 1.807) is 4.90 Å². The molecule has 1 fully saturated rings. The lowest BCUT2D eigenvalue weighted by atomic mass is 10.0. The maximum atomic E-state index is 11.8. The van der Waals surface area contributed by atoms with Crippen LogP contribution in [-0.2, 0) is 4.74 Å². The van der Waals surface area contributed by atoms with Gasteiger partial charge in [-0.25, -0.2) is 4.79 Å². The number of hydrogen-bond donors (Lipinski definition) is 0. The maximum absolute atomic E-state index is 11.8. The summed E-state index contributed by atoms with van der Waals surface area (Å²) in [5.74, 6) is 1.24. The Morgan fingerprint density at radius 1 is 1.38 bits per heavy atom. The van der Waals surface area contributed by atoms with E-state index < -0.39 is 5.60 Å². The van der Waals surface area contributed by atoms with E-state index in [2.05, 4.69) is 15.9 Å². The second kappa shape index (κ2) is 6.26. The van der Waals surface area contributed by atoms with Gasteiger partial charge >= 0.3 is 6.09 Å². The molecule has 1 aliphatic heterocycles. The first-order valence-electron chi connectivity index (χ1n) is 7.11. The molecule has 1 saturated heterocycles. The average molecular weight is 356 g/mol. The summed E-state index contributed by atoms with van der Waals surface area (Å²) < 4.78 is 12.2. The standard InChI is InChI=1S/C16H22BrNO3/c1-11-7-13(5-6-14(11)17)20-10-12-8-18(9-12)15(19)21-16(2,3)4/h5-7,12H,8-10H2,1-4H3. The van der Waals surface area contributed by atoms with Gasteiger partial charge in [0.2, 0.25) is 0 Å². The molecule has 1 aromatic rings. The number of carbonyl (C=O) groups excluding carboxylic acids is 1. The quantitative estimate of drug-likeness (QED) is 0.822. The van der Waals surface area contributed by atoms with Crippen LogP contribution >= 0.6 is 15.9 Å². The molecule has 0 spiro atoms. The van der Waals surface area contributed by atoms with Crippen molar-refractivity contribution in [3.05, 3.63) is 28.2 Å². The van der Waals surface area contributed by atoms with E-state index in [-0.39, 0.29) is 6.09 Å². The molecule has 1 aromatic carbocycles. The van der Waals surface area contributed by atoms with Crippen molar-refractivity contribution in [2.75, 3.05) is 19.7 Å². The minimum Gasteiger partial charge on any atom is -0.493 e. The smallest absolute Gasteiger partial charge is 0.410 e. The van der Waals surface area contributed by atoms with Gasteiger partial charge in [0.15, 0.2) is 0 Å². The molecule has 1 heterocycles. The molecule has 0 bridgehead atoms. The fourth-order valence-corrected chi connectivity index (χ4v) is 2.32. The molecule has 0 aromatic heterocycles. The summed E-state index contributed by atoms with van der Waals surface area (Å²) in [5.41, 5.74) is 0.713. The minimum atomic E-state index is -0.437. The summed E-state index contributed by atoms with van der Waals surface area (Å²) >= 11 is 3.47. The summed E-state index contributed by atoms with van der Waals surface area (Å²) in [5, 5.41) is 0. The molecule has 0 aliphatic carbocycles. The van der Waals surface area contributed by atoms with Crippen LogP contribution in [0.1, 0.15) is 26.3 Å². The van der Waals surface area contributed by atoms with Crippen molar-refractivity contribution >= 4 is 22.0 Å². The Morgan fingerprint density at radius 3 is 2.62 bits per heavy atom. The van der Waals surface area contributed by atoms with Gasteiger partial charge in [-0.1, -0.05) is 15.9 Å². The van der Waals surface area contributed by atoms with Crippen LogP contribution in [0.25, 0.3) is 0 Å². The van der Waals surface area contributed by atoms with E-state index in [9.17, 15) is 4.79 Å². The average Bonchev–Trinajstić information content (AvgIpc) is 2.29. The number of rotatable bonds is 3. The summed E-state index contributed by atoms with van der Waals surface area (Å²) in [6, 6.07) is 5.94. The van der Waals surface area contributed by atoms with Crippen molar-refractivity contribution in [1.82, 2.24) is 4.90 Å². The molecule has 0 radical (unpaired) electrons. The van der Waals surface area contributed by atoms with E-state index in [0.717, 1.165) is 15.8 Å². The molecule has 116 valence electrons. The highest BCUT2D eigenvalue weighted by Crippen LogP contribution is 2.24. The minimum absolute atomic E-state index is 0.238. The van der Waals surface area contributed by atoms with Gasteiger partial charge in [-0.15, -0.1) is 0 Å². The Bertz CT molecular complexity index is 519. The van der Waals surface area contributed by atoms with Crippen LogP contribution in [0.5, 0.6) is 5.75 Å². The Kier molecular flexibility index (Phi) is 4.81. The van der Waals surface area contributed by atoms with Gasteiger partial charge in [0, 0.05) is 23.5 Å². The molecule has 4 nitrogen and oxygen atoms in total. The fraction of sp³-hybridized carbons (Fsp3) is 0.562. The van der Waals surface area contributed by atoms with Crippen LogP contribution in [0.15, 0.2) is 22.7 Å². The molecule has 1 aliphatic rings. The van der Waals surface area contributed by atoms with Gasteiger partial charge in [0.1, 0.15) is 11.4 Å². The van der Waals surface area contributed by atoms with Crippen molar-refractivity contribution in [3.8, 4) is 5.75 Å². The summed E-state index contributed by atoms with van der Waals surface area (Å²) in [6.45, 7) is 9.68. The molecule has 21 heavy (non-hydrogen) atoms. The number of halogens is 1. The monoisotopic (exact) mass is 355 g/mol. The zero-order valence-corrected chi connectivity index (χ0v) is 14.6. The van der Waals surface area contributed by atoms with E-state index in [1.807, 2.05) is 45.9 Å². The van der Waals surface area contributed by atoms with E-state index in [4.69, 9.17) is 9.47 Å². The van der Waals surface area contributed by atoms with Gasteiger partial charge in [0.25, 0.3) is 0 Å². The molecule has 2 rings (SSSR count). The SMILES string of the molecule is Cc1cc(OCC2CN(C(=O)OC(C)(C)C)C2)ccc1Br. The lowest BCUT2D eigenvalue weighted by Gasteiger charge is -2.39. The third-order valence-electron chi connectivity index (χ3n) is 3.22. The number of amides is 1. The third kappa shape index (κ3) is 4.63. The third-order valence-corrected chi connectivity index (χ3v) is 4.11.